The van der Waals surface area contributed by atoms with Crippen LogP contribution in [-0.4, -0.2) is 97.0 Å². The number of thiol groups is 3. The molecule has 474 valence electrons. The normalized spacial score (nSPS) is 9.71. The highest BCUT2D eigenvalue weighted by Gasteiger charge is 2.11. The van der Waals surface area contributed by atoms with Crippen LogP contribution in [0.2, 0.25) is 0 Å². The van der Waals surface area contributed by atoms with Gasteiger partial charge in [0, 0.05) is 33.4 Å². The molecule has 0 saturated heterocycles. The number of hydrogen-bond donors (Lipinski definition) is 9. The van der Waals surface area contributed by atoms with E-state index < -0.39 is 35.8 Å². The second-order valence-electron chi connectivity index (χ2n) is 18.4. The van der Waals surface area contributed by atoms with Crippen molar-refractivity contribution >= 4 is 141 Å². The van der Waals surface area contributed by atoms with Crippen molar-refractivity contribution in [3.8, 4) is 0 Å². The number of carboxylic acid groups (broad SMARTS) is 6. The second-order valence-corrected chi connectivity index (χ2v) is 20.7. The quantitative estimate of drug-likeness (QED) is 0.0285. The third kappa shape index (κ3) is 27.7. The van der Waals surface area contributed by atoms with Crippen molar-refractivity contribution in [3.05, 3.63) is 320 Å². The fourth-order valence-corrected chi connectivity index (χ4v) is 7.96. The maximum Gasteiger partial charge on any atom is 0.335 e. The molecule has 0 aliphatic rings. The van der Waals surface area contributed by atoms with Gasteiger partial charge in [0.2, 0.25) is 15.3 Å². The van der Waals surface area contributed by atoms with Gasteiger partial charge in [0.05, 0.1) is 33.4 Å². The molecule has 0 heterocycles. The van der Waals surface area contributed by atoms with Gasteiger partial charge in [-0.1, -0.05) is 91.0 Å². The lowest BCUT2D eigenvalue weighted by atomic mass is 10.1. The summed E-state index contributed by atoms with van der Waals surface area (Å²) in [6.45, 7) is 1.21. The van der Waals surface area contributed by atoms with Gasteiger partial charge < -0.3 is 44.8 Å². The molecule has 0 fully saturated rings. The Hall–Kier alpha value is -10.5. The first-order valence-electron chi connectivity index (χ1n) is 26.7. The standard InChI is InChI=1S/3C15H12O3S.3C8H6O3S/c3*16-14(17)12-6-8-13(9-7-12)15(19)18-10-11-4-2-1-3-5-11;3*9-7(10)5-1-3-6(4-2-5)8(11)12/h3*1-9H,10H2,(H,16,17);3*1-4H,(H,9,10)(H,11,12). The number of carboxylic acids is 6. The van der Waals surface area contributed by atoms with Gasteiger partial charge >= 0.3 is 35.8 Å². The van der Waals surface area contributed by atoms with E-state index in [4.69, 9.17) is 81.5 Å². The molecule has 0 amide bonds. The van der Waals surface area contributed by atoms with Gasteiger partial charge in [-0.05, 0) is 199 Å². The second kappa shape index (κ2) is 39.6. The van der Waals surface area contributed by atoms with Gasteiger partial charge in [-0.3, -0.25) is 14.4 Å². The largest absolute Gasteiger partial charge is 0.478 e. The minimum atomic E-state index is -1.01. The zero-order valence-electron chi connectivity index (χ0n) is 48.3. The molecule has 0 atom stereocenters. The maximum atomic E-state index is 10.7. The Labute approximate surface area is 564 Å². The Morgan fingerprint density at radius 1 is 0.237 bits per heavy atom. The molecule has 0 unspecified atom stereocenters. The van der Waals surface area contributed by atoms with Crippen LogP contribution in [-0.2, 0) is 34.0 Å². The number of carbonyl (C=O) groups excluding carboxylic acids is 3. The Bertz CT molecular complexity index is 3510. The smallest absolute Gasteiger partial charge is 0.335 e. The predicted molar refractivity (Wildman–Crippen MR) is 369 cm³/mol. The fourth-order valence-electron chi connectivity index (χ4n) is 6.93. The van der Waals surface area contributed by atoms with E-state index in [0.29, 0.717) is 68.4 Å². The van der Waals surface area contributed by atoms with E-state index in [1.807, 2.05) is 91.0 Å². The molecule has 9 rings (SSSR count). The van der Waals surface area contributed by atoms with E-state index in [-0.39, 0.29) is 48.7 Å². The number of thiocarbonyl (C=S) groups is 3. The van der Waals surface area contributed by atoms with E-state index >= 15 is 0 Å². The summed E-state index contributed by atoms with van der Waals surface area (Å²) in [5, 5.41) is 51.9. The van der Waals surface area contributed by atoms with Crippen molar-refractivity contribution in [2.45, 2.75) is 19.8 Å². The molecule has 0 bridgehead atoms. The molecular formula is C69H54O18S6. The van der Waals surface area contributed by atoms with E-state index in [0.717, 1.165) is 16.7 Å². The van der Waals surface area contributed by atoms with Crippen LogP contribution in [0.25, 0.3) is 0 Å². The fraction of sp³-hybridized carbons (Fsp3) is 0.0435. The van der Waals surface area contributed by atoms with E-state index in [1.54, 1.807) is 36.4 Å². The minimum absolute atomic E-state index is 0.160. The Kier molecular flexibility index (Phi) is 31.9. The Balaban J connectivity index is 0.000000241. The lowest BCUT2D eigenvalue weighted by Gasteiger charge is -2.07. The molecular weight excluding hydrogens is 1310 g/mol. The van der Waals surface area contributed by atoms with Crippen molar-refractivity contribution in [1.29, 1.82) is 0 Å². The van der Waals surface area contributed by atoms with Crippen LogP contribution in [0.1, 0.15) is 127 Å². The molecule has 0 aromatic heterocycles. The number of hydrogen-bond acceptors (Lipinski definition) is 15. The van der Waals surface area contributed by atoms with E-state index in [9.17, 15) is 43.2 Å². The number of aromatic carboxylic acids is 6. The van der Waals surface area contributed by atoms with Crippen LogP contribution in [0.5, 0.6) is 0 Å². The molecule has 6 N–H and O–H groups in total. The van der Waals surface area contributed by atoms with Crippen LogP contribution < -0.4 is 0 Å². The molecule has 0 aliphatic carbocycles. The Morgan fingerprint density at radius 2 is 0.376 bits per heavy atom. The van der Waals surface area contributed by atoms with Gasteiger partial charge in [-0.25, -0.2) is 28.8 Å². The summed E-state index contributed by atoms with van der Waals surface area (Å²) in [6.07, 6.45) is 0. The highest BCUT2D eigenvalue weighted by Crippen LogP contribution is 2.15. The Morgan fingerprint density at radius 3 is 0.516 bits per heavy atom. The van der Waals surface area contributed by atoms with Crippen LogP contribution >= 0.6 is 74.5 Å². The summed E-state index contributed by atoms with van der Waals surface area (Å²) >= 11 is 26.2. The topological polar surface area (TPSA) is 303 Å². The number of rotatable bonds is 18. The van der Waals surface area contributed by atoms with Gasteiger partial charge in [-0.2, -0.15) is 0 Å². The third-order valence-electron chi connectivity index (χ3n) is 11.9. The lowest BCUT2D eigenvalue weighted by molar-refractivity contribution is 0.0686. The zero-order chi connectivity index (χ0) is 68.4. The van der Waals surface area contributed by atoms with Gasteiger partial charge in [0.15, 0.2) is 15.2 Å². The van der Waals surface area contributed by atoms with Crippen molar-refractivity contribution < 1.29 is 88.0 Å². The SMILES string of the molecule is O=C(O)c1ccc(C(=O)S)cc1.O=C(O)c1ccc(C(=O)S)cc1.O=C(O)c1ccc(C(=O)S)cc1.O=C(O)c1ccc(C(=S)OCc2ccccc2)cc1.O=C(O)c1ccc(C(=S)OCc2ccccc2)cc1.O=C(O)c1ccc(C(=S)OCc2ccccc2)cc1. The molecule has 0 spiro atoms. The van der Waals surface area contributed by atoms with Gasteiger partial charge in [0.1, 0.15) is 19.8 Å². The van der Waals surface area contributed by atoms with Crippen molar-refractivity contribution in [2.75, 3.05) is 0 Å². The first kappa shape index (κ1) is 75.0. The first-order chi connectivity index (χ1) is 44.3. The third-order valence-corrected chi connectivity index (χ3v) is 13.7. The first-order valence-corrected chi connectivity index (χ1v) is 29.2. The van der Waals surface area contributed by atoms with Crippen molar-refractivity contribution in [1.82, 2.24) is 0 Å². The molecule has 18 nitrogen and oxygen atoms in total. The van der Waals surface area contributed by atoms with Crippen LogP contribution in [0, 0.1) is 0 Å². The molecule has 93 heavy (non-hydrogen) atoms. The summed E-state index contributed by atoms with van der Waals surface area (Å²) in [7, 11) is 0. The molecule has 9 aromatic carbocycles. The monoisotopic (exact) mass is 1360 g/mol. The van der Waals surface area contributed by atoms with Gasteiger partial charge in [-0.15, -0.1) is 37.9 Å². The summed E-state index contributed by atoms with van der Waals surface area (Å²) < 4.78 is 16.5. The molecule has 0 saturated carbocycles. The molecule has 24 heteroatoms. The highest BCUT2D eigenvalue weighted by atomic mass is 32.1. The van der Waals surface area contributed by atoms with E-state index in [1.165, 1.54) is 109 Å². The minimum Gasteiger partial charge on any atom is -0.478 e. The maximum absolute atomic E-state index is 10.7. The number of benzene rings is 9. The van der Waals surface area contributed by atoms with Crippen LogP contribution in [0.3, 0.4) is 0 Å². The van der Waals surface area contributed by atoms with E-state index in [2.05, 4.69) is 37.9 Å². The van der Waals surface area contributed by atoms with Crippen LogP contribution in [0.15, 0.2) is 237 Å². The molecule has 0 aliphatic heterocycles. The number of carbonyl (C=O) groups is 9. The van der Waals surface area contributed by atoms with Crippen LogP contribution in [0.4, 0.5) is 0 Å². The molecule has 0 radical (unpaired) electrons. The van der Waals surface area contributed by atoms with Crippen molar-refractivity contribution in [2.24, 2.45) is 0 Å². The molecule has 9 aromatic rings. The summed E-state index contributed by atoms with van der Waals surface area (Å²) in [5.74, 6) is -5.89. The average molecular weight is 1360 g/mol. The summed E-state index contributed by atoms with van der Waals surface area (Å²) in [4.78, 5) is 95.3. The zero-order valence-corrected chi connectivity index (χ0v) is 53.4. The summed E-state index contributed by atoms with van der Waals surface area (Å²) in [5.41, 5.74) is 7.57. The van der Waals surface area contributed by atoms with Crippen molar-refractivity contribution in [3.63, 3.8) is 0 Å². The average Bonchev–Trinajstić information content (AvgIpc) is 2.94. The summed E-state index contributed by atoms with van der Waals surface area (Å²) in [6, 6.07) is 64.9. The number of ether oxygens (including phenoxy) is 3. The highest BCUT2D eigenvalue weighted by molar-refractivity contribution is 7.97. The predicted octanol–water partition coefficient (Wildman–Crippen LogP) is 14.2. The van der Waals surface area contributed by atoms with Gasteiger partial charge in [0.25, 0.3) is 0 Å². The lowest BCUT2D eigenvalue weighted by Crippen LogP contribution is -2.04.